The number of phenolic OH excluding ortho intramolecular Hbond substituents is 1. The van der Waals surface area contributed by atoms with Gasteiger partial charge in [0.25, 0.3) is 0 Å². The molecule has 1 aromatic rings. The zero-order valence-electron chi connectivity index (χ0n) is 10.9. The number of hydrogen-bond acceptors (Lipinski definition) is 3. The number of benzene rings is 1. The fourth-order valence-corrected chi connectivity index (χ4v) is 1.90. The van der Waals surface area contributed by atoms with E-state index in [2.05, 4.69) is 0 Å². The van der Waals surface area contributed by atoms with E-state index in [-0.39, 0.29) is 6.04 Å². The fourth-order valence-electron chi connectivity index (χ4n) is 1.90. The molecule has 100 valence electrons. The maximum atomic E-state index is 10.7. The highest BCUT2D eigenvalue weighted by atomic mass is 16.4. The molecule has 0 bridgehead atoms. The van der Waals surface area contributed by atoms with Crippen molar-refractivity contribution in [2.75, 3.05) is 0 Å². The molecular weight excluding hydrogens is 230 g/mol. The summed E-state index contributed by atoms with van der Waals surface area (Å²) in [6.45, 7) is 3.53. The molecule has 1 unspecified atom stereocenters. The van der Waals surface area contributed by atoms with Crippen LogP contribution in [0.25, 0.3) is 0 Å². The van der Waals surface area contributed by atoms with E-state index < -0.39 is 11.9 Å². The van der Waals surface area contributed by atoms with Gasteiger partial charge in [-0.2, -0.15) is 0 Å². The topological polar surface area (TPSA) is 83.6 Å². The van der Waals surface area contributed by atoms with Crippen LogP contribution in [0.5, 0.6) is 5.75 Å². The Morgan fingerprint density at radius 2 is 2.11 bits per heavy atom. The summed E-state index contributed by atoms with van der Waals surface area (Å²) >= 11 is 0. The molecular formula is C14H21NO3. The number of aryl methyl sites for hydroxylation is 2. The van der Waals surface area contributed by atoms with E-state index in [9.17, 15) is 9.90 Å². The van der Waals surface area contributed by atoms with Crippen LogP contribution in [-0.4, -0.2) is 22.2 Å². The van der Waals surface area contributed by atoms with Crippen molar-refractivity contribution in [3.05, 3.63) is 29.3 Å². The SMILES string of the molecule is Cc1cc(CC[C@H](N)CC(C)C(=O)O)ccc1O. The fraction of sp³-hybridized carbons (Fsp3) is 0.500. The first-order valence-corrected chi connectivity index (χ1v) is 6.17. The van der Waals surface area contributed by atoms with E-state index in [1.807, 2.05) is 19.1 Å². The molecule has 4 heteroatoms. The van der Waals surface area contributed by atoms with Crippen molar-refractivity contribution in [3.63, 3.8) is 0 Å². The molecule has 0 radical (unpaired) electrons. The molecule has 1 aromatic carbocycles. The monoisotopic (exact) mass is 251 g/mol. The molecule has 0 fully saturated rings. The van der Waals surface area contributed by atoms with Crippen molar-refractivity contribution in [1.29, 1.82) is 0 Å². The minimum atomic E-state index is -0.800. The van der Waals surface area contributed by atoms with Gasteiger partial charge in [0, 0.05) is 6.04 Å². The Morgan fingerprint density at radius 3 is 2.67 bits per heavy atom. The minimum absolute atomic E-state index is 0.106. The Morgan fingerprint density at radius 1 is 1.44 bits per heavy atom. The van der Waals surface area contributed by atoms with Crippen LogP contribution in [0.4, 0.5) is 0 Å². The van der Waals surface area contributed by atoms with Gasteiger partial charge < -0.3 is 15.9 Å². The molecule has 18 heavy (non-hydrogen) atoms. The van der Waals surface area contributed by atoms with Crippen LogP contribution in [0, 0.1) is 12.8 Å². The van der Waals surface area contributed by atoms with Gasteiger partial charge in [-0.25, -0.2) is 0 Å². The smallest absolute Gasteiger partial charge is 0.306 e. The summed E-state index contributed by atoms with van der Waals surface area (Å²) < 4.78 is 0. The van der Waals surface area contributed by atoms with Crippen molar-refractivity contribution in [2.24, 2.45) is 11.7 Å². The number of phenols is 1. The molecule has 0 aliphatic heterocycles. The maximum Gasteiger partial charge on any atom is 0.306 e. The van der Waals surface area contributed by atoms with Crippen LogP contribution in [0.1, 0.15) is 30.9 Å². The third-order valence-electron chi connectivity index (χ3n) is 3.14. The Kier molecular flexibility index (Phi) is 5.16. The van der Waals surface area contributed by atoms with Crippen LogP contribution in [0.2, 0.25) is 0 Å². The molecule has 2 atom stereocenters. The zero-order chi connectivity index (χ0) is 13.7. The normalized spacial score (nSPS) is 14.2. The van der Waals surface area contributed by atoms with Gasteiger partial charge in [0.2, 0.25) is 0 Å². The number of rotatable bonds is 6. The second kappa shape index (κ2) is 6.40. The molecule has 0 heterocycles. The molecule has 0 aliphatic carbocycles. The van der Waals surface area contributed by atoms with Crippen molar-refractivity contribution in [3.8, 4) is 5.75 Å². The van der Waals surface area contributed by atoms with Gasteiger partial charge >= 0.3 is 5.97 Å². The summed E-state index contributed by atoms with van der Waals surface area (Å²) in [5, 5.41) is 18.2. The Hall–Kier alpha value is -1.55. The lowest BCUT2D eigenvalue weighted by molar-refractivity contribution is -0.141. The lowest BCUT2D eigenvalue weighted by atomic mass is 9.96. The average Bonchev–Trinajstić information content (AvgIpc) is 2.30. The van der Waals surface area contributed by atoms with Gasteiger partial charge in [0.15, 0.2) is 0 Å². The highest BCUT2D eigenvalue weighted by Crippen LogP contribution is 2.18. The van der Waals surface area contributed by atoms with E-state index in [0.717, 1.165) is 24.0 Å². The van der Waals surface area contributed by atoms with Crippen molar-refractivity contribution in [1.82, 2.24) is 0 Å². The molecule has 0 saturated carbocycles. The maximum absolute atomic E-state index is 10.7. The van der Waals surface area contributed by atoms with Crippen molar-refractivity contribution >= 4 is 5.97 Å². The number of carboxylic acid groups (broad SMARTS) is 1. The second-order valence-corrected chi connectivity index (χ2v) is 4.89. The number of carbonyl (C=O) groups is 1. The zero-order valence-corrected chi connectivity index (χ0v) is 10.9. The first-order chi connectivity index (χ1) is 8.40. The quantitative estimate of drug-likeness (QED) is 0.722. The predicted octanol–water partition coefficient (Wildman–Crippen LogP) is 2.07. The Labute approximate surface area is 107 Å². The van der Waals surface area contributed by atoms with Gasteiger partial charge in [0.1, 0.15) is 5.75 Å². The number of aliphatic carboxylic acids is 1. The van der Waals surface area contributed by atoms with Gasteiger partial charge in [0.05, 0.1) is 5.92 Å². The van der Waals surface area contributed by atoms with Crippen molar-refractivity contribution in [2.45, 2.75) is 39.2 Å². The summed E-state index contributed by atoms with van der Waals surface area (Å²) in [6.07, 6.45) is 2.04. The lowest BCUT2D eigenvalue weighted by Gasteiger charge is -2.14. The molecule has 4 N–H and O–H groups in total. The number of nitrogens with two attached hydrogens (primary N) is 1. The highest BCUT2D eigenvalue weighted by molar-refractivity contribution is 5.69. The van der Waals surface area contributed by atoms with Gasteiger partial charge in [-0.3, -0.25) is 4.79 Å². The largest absolute Gasteiger partial charge is 0.508 e. The summed E-state index contributed by atoms with van der Waals surface area (Å²) in [6, 6.07) is 5.37. The van der Waals surface area contributed by atoms with Crippen LogP contribution >= 0.6 is 0 Å². The highest BCUT2D eigenvalue weighted by Gasteiger charge is 2.15. The lowest BCUT2D eigenvalue weighted by Crippen LogP contribution is -2.26. The van der Waals surface area contributed by atoms with E-state index in [0.29, 0.717) is 12.2 Å². The summed E-state index contributed by atoms with van der Waals surface area (Å²) in [5.41, 5.74) is 7.88. The molecule has 0 spiro atoms. The third kappa shape index (κ3) is 4.37. The van der Waals surface area contributed by atoms with E-state index in [4.69, 9.17) is 10.8 Å². The second-order valence-electron chi connectivity index (χ2n) is 4.89. The summed E-state index contributed by atoms with van der Waals surface area (Å²) in [5.74, 6) is -0.907. The van der Waals surface area contributed by atoms with Gasteiger partial charge in [-0.05, 0) is 43.4 Å². The van der Waals surface area contributed by atoms with E-state index >= 15 is 0 Å². The molecule has 0 aliphatic rings. The summed E-state index contributed by atoms with van der Waals surface area (Å²) in [4.78, 5) is 10.7. The molecule has 0 aromatic heterocycles. The van der Waals surface area contributed by atoms with Crippen LogP contribution in [0.3, 0.4) is 0 Å². The van der Waals surface area contributed by atoms with Gasteiger partial charge in [-0.1, -0.05) is 19.1 Å². The predicted molar refractivity (Wildman–Crippen MR) is 70.6 cm³/mol. The van der Waals surface area contributed by atoms with Crippen LogP contribution in [0.15, 0.2) is 18.2 Å². The number of hydrogen-bond donors (Lipinski definition) is 3. The Balaban J connectivity index is 2.44. The Bertz CT molecular complexity index is 418. The first-order valence-electron chi connectivity index (χ1n) is 6.17. The van der Waals surface area contributed by atoms with E-state index in [1.54, 1.807) is 13.0 Å². The number of aromatic hydroxyl groups is 1. The molecule has 0 amide bonds. The van der Waals surface area contributed by atoms with Crippen LogP contribution < -0.4 is 5.73 Å². The summed E-state index contributed by atoms with van der Waals surface area (Å²) in [7, 11) is 0. The molecule has 0 saturated heterocycles. The third-order valence-corrected chi connectivity index (χ3v) is 3.14. The van der Waals surface area contributed by atoms with Gasteiger partial charge in [-0.15, -0.1) is 0 Å². The van der Waals surface area contributed by atoms with Crippen LogP contribution in [-0.2, 0) is 11.2 Å². The standard InChI is InChI=1S/C14H21NO3/c1-9-7-11(4-6-13(9)16)3-5-12(15)8-10(2)14(17)18/h4,6-7,10,12,16H,3,5,8,15H2,1-2H3,(H,17,18)/t10?,12-/m0/s1. The minimum Gasteiger partial charge on any atom is -0.508 e. The van der Waals surface area contributed by atoms with E-state index in [1.165, 1.54) is 0 Å². The number of carboxylic acids is 1. The molecule has 4 nitrogen and oxygen atoms in total. The van der Waals surface area contributed by atoms with Crippen molar-refractivity contribution < 1.29 is 15.0 Å². The average molecular weight is 251 g/mol. The molecule has 1 rings (SSSR count). The first kappa shape index (κ1) is 14.5.